The number of anilines is 1. The lowest BCUT2D eigenvalue weighted by atomic mass is 10.1. The molecule has 0 fully saturated rings. The summed E-state index contributed by atoms with van der Waals surface area (Å²) in [6.07, 6.45) is 3.32. The summed E-state index contributed by atoms with van der Waals surface area (Å²) < 4.78 is 15.2. The van der Waals surface area contributed by atoms with Crippen LogP contribution in [-0.4, -0.2) is 35.5 Å². The summed E-state index contributed by atoms with van der Waals surface area (Å²) in [5.41, 5.74) is 3.73. The van der Waals surface area contributed by atoms with E-state index in [-0.39, 0.29) is 11.7 Å². The van der Waals surface area contributed by atoms with Gasteiger partial charge in [-0.15, -0.1) is 15.0 Å². The Morgan fingerprint density at radius 3 is 2.84 bits per heavy atom. The quantitative estimate of drug-likeness (QED) is 0.485. The number of nitrogens with zero attached hydrogens (tertiary/aromatic N) is 6. The highest BCUT2D eigenvalue weighted by Gasteiger charge is 2.15. The van der Waals surface area contributed by atoms with Crippen LogP contribution < -0.4 is 5.32 Å². The van der Waals surface area contributed by atoms with Crippen molar-refractivity contribution in [2.45, 2.75) is 6.92 Å². The second-order valence-corrected chi connectivity index (χ2v) is 6.94. The number of tetrazole rings is 1. The van der Waals surface area contributed by atoms with Gasteiger partial charge in [-0.1, -0.05) is 24.3 Å². The molecule has 0 saturated heterocycles. The highest BCUT2D eigenvalue weighted by atomic mass is 19.1. The van der Waals surface area contributed by atoms with E-state index in [4.69, 9.17) is 0 Å². The smallest absolute Gasteiger partial charge is 0.274 e. The summed E-state index contributed by atoms with van der Waals surface area (Å²) in [4.78, 5) is 18.4. The summed E-state index contributed by atoms with van der Waals surface area (Å²) in [6, 6.07) is 16.9. The third-order valence-corrected chi connectivity index (χ3v) is 4.85. The monoisotopic (exact) mass is 413 g/mol. The fourth-order valence-electron chi connectivity index (χ4n) is 3.22. The van der Waals surface area contributed by atoms with Crippen LogP contribution in [0, 0.1) is 12.7 Å². The van der Waals surface area contributed by atoms with Crippen molar-refractivity contribution in [2.75, 3.05) is 5.32 Å². The Hall–Kier alpha value is -4.40. The number of amides is 1. The minimum atomic E-state index is -0.374. The second kappa shape index (κ2) is 7.45. The molecule has 3 aromatic heterocycles. The Balaban J connectivity index is 1.44. The number of aromatic nitrogens is 6. The van der Waals surface area contributed by atoms with E-state index in [2.05, 4.69) is 25.7 Å². The van der Waals surface area contributed by atoms with Crippen molar-refractivity contribution in [1.29, 1.82) is 0 Å². The van der Waals surface area contributed by atoms with Gasteiger partial charge in [-0.3, -0.25) is 9.20 Å². The Morgan fingerprint density at radius 2 is 1.97 bits per heavy atom. The van der Waals surface area contributed by atoms with E-state index in [1.54, 1.807) is 28.8 Å². The first-order valence-electron chi connectivity index (χ1n) is 9.49. The van der Waals surface area contributed by atoms with Gasteiger partial charge >= 0.3 is 0 Å². The highest BCUT2D eigenvalue weighted by molar-refractivity contribution is 6.04. The van der Waals surface area contributed by atoms with Gasteiger partial charge in [0.1, 0.15) is 17.2 Å². The lowest BCUT2D eigenvalue weighted by molar-refractivity contribution is 0.102. The average molecular weight is 413 g/mol. The van der Waals surface area contributed by atoms with Crippen molar-refractivity contribution in [3.63, 3.8) is 0 Å². The van der Waals surface area contributed by atoms with Crippen LogP contribution >= 0.6 is 0 Å². The fourth-order valence-corrected chi connectivity index (χ4v) is 3.22. The molecule has 0 aliphatic rings. The van der Waals surface area contributed by atoms with Gasteiger partial charge in [-0.2, -0.15) is 0 Å². The molecule has 152 valence electrons. The number of pyridine rings is 1. The van der Waals surface area contributed by atoms with Gasteiger partial charge in [0.2, 0.25) is 5.82 Å². The number of nitrogens with one attached hydrogen (secondary N) is 1. The van der Waals surface area contributed by atoms with E-state index < -0.39 is 0 Å². The molecule has 5 rings (SSSR count). The maximum atomic E-state index is 13.5. The summed E-state index contributed by atoms with van der Waals surface area (Å²) in [7, 11) is 0. The van der Waals surface area contributed by atoms with Crippen molar-refractivity contribution in [3.05, 3.63) is 90.1 Å². The highest BCUT2D eigenvalue weighted by Crippen LogP contribution is 2.21. The van der Waals surface area contributed by atoms with Gasteiger partial charge in [0.05, 0.1) is 11.9 Å². The van der Waals surface area contributed by atoms with E-state index in [0.29, 0.717) is 34.1 Å². The molecule has 2 aromatic carbocycles. The Bertz CT molecular complexity index is 1420. The van der Waals surface area contributed by atoms with Crippen LogP contribution in [0.2, 0.25) is 0 Å². The number of carbonyl (C=O) groups excluding carboxylic acids is 1. The number of imidazole rings is 1. The predicted molar refractivity (Wildman–Crippen MR) is 112 cm³/mol. The maximum Gasteiger partial charge on any atom is 0.274 e. The predicted octanol–water partition coefficient (Wildman–Crippen LogP) is 3.68. The molecule has 0 saturated carbocycles. The lowest BCUT2D eigenvalue weighted by Gasteiger charge is -2.10. The molecule has 0 aliphatic carbocycles. The van der Waals surface area contributed by atoms with Crippen LogP contribution in [0.3, 0.4) is 0 Å². The number of rotatable bonds is 4. The molecule has 5 aromatic rings. The Labute approximate surface area is 176 Å². The number of halogens is 1. The third kappa shape index (κ3) is 3.52. The van der Waals surface area contributed by atoms with Crippen LogP contribution in [-0.2, 0) is 0 Å². The SMILES string of the molecule is Cc1ccc(-n2nnc(-c3cccc(F)c3)n2)cc1NC(=O)c1cnc2ccccn12. The van der Waals surface area contributed by atoms with Gasteiger partial charge in [0.15, 0.2) is 0 Å². The number of carbonyl (C=O) groups is 1. The molecule has 0 radical (unpaired) electrons. The van der Waals surface area contributed by atoms with Crippen molar-refractivity contribution in [3.8, 4) is 17.1 Å². The second-order valence-electron chi connectivity index (χ2n) is 6.94. The van der Waals surface area contributed by atoms with Crippen LogP contribution in [0.4, 0.5) is 10.1 Å². The minimum absolute atomic E-state index is 0.286. The lowest BCUT2D eigenvalue weighted by Crippen LogP contribution is -2.15. The third-order valence-electron chi connectivity index (χ3n) is 4.85. The zero-order chi connectivity index (χ0) is 21.4. The minimum Gasteiger partial charge on any atom is -0.320 e. The van der Waals surface area contributed by atoms with Crippen LogP contribution in [0.1, 0.15) is 16.1 Å². The molecule has 31 heavy (non-hydrogen) atoms. The van der Waals surface area contributed by atoms with Crippen molar-refractivity contribution < 1.29 is 9.18 Å². The molecule has 0 unspecified atom stereocenters. The van der Waals surface area contributed by atoms with E-state index >= 15 is 0 Å². The Morgan fingerprint density at radius 1 is 1.06 bits per heavy atom. The molecule has 9 heteroatoms. The van der Waals surface area contributed by atoms with Crippen LogP contribution in [0.15, 0.2) is 73.1 Å². The van der Waals surface area contributed by atoms with Crippen molar-refractivity contribution in [2.24, 2.45) is 0 Å². The first-order chi connectivity index (χ1) is 15.1. The summed E-state index contributed by atoms with van der Waals surface area (Å²) in [5, 5.41) is 15.3. The molecule has 3 heterocycles. The summed E-state index contributed by atoms with van der Waals surface area (Å²) in [5.74, 6) is -0.357. The topological polar surface area (TPSA) is 90.0 Å². The summed E-state index contributed by atoms with van der Waals surface area (Å²) in [6.45, 7) is 1.89. The Kier molecular flexibility index (Phi) is 4.47. The van der Waals surface area contributed by atoms with Crippen LogP contribution in [0.25, 0.3) is 22.7 Å². The molecule has 8 nitrogen and oxygen atoms in total. The van der Waals surface area contributed by atoms with E-state index in [1.807, 2.05) is 37.3 Å². The first kappa shape index (κ1) is 18.6. The largest absolute Gasteiger partial charge is 0.320 e. The van der Waals surface area contributed by atoms with Gasteiger partial charge in [-0.25, -0.2) is 9.37 Å². The van der Waals surface area contributed by atoms with Crippen LogP contribution in [0.5, 0.6) is 0 Å². The number of hydrogen-bond acceptors (Lipinski definition) is 5. The van der Waals surface area contributed by atoms with Gasteiger partial charge in [0, 0.05) is 17.4 Å². The molecule has 0 aliphatic heterocycles. The number of benzene rings is 2. The average Bonchev–Trinajstić information content (AvgIpc) is 3.43. The number of fused-ring (bicyclic) bond motifs is 1. The van der Waals surface area contributed by atoms with E-state index in [0.717, 1.165) is 5.56 Å². The van der Waals surface area contributed by atoms with Crippen molar-refractivity contribution in [1.82, 2.24) is 29.6 Å². The molecule has 0 atom stereocenters. The van der Waals surface area contributed by atoms with Crippen molar-refractivity contribution >= 4 is 17.2 Å². The molecule has 1 N–H and O–H groups in total. The van der Waals surface area contributed by atoms with Gasteiger partial charge in [0.25, 0.3) is 5.91 Å². The standard InChI is InChI=1S/C22H16FN7O/c1-14-8-9-17(30-27-21(26-28-30)15-5-4-6-16(23)11-15)12-18(14)25-22(31)19-13-24-20-7-2-3-10-29(19)20/h2-13H,1H3,(H,25,31). The zero-order valence-electron chi connectivity index (χ0n) is 16.4. The molecule has 0 bridgehead atoms. The fraction of sp³-hybridized carbons (Fsp3) is 0.0455. The maximum absolute atomic E-state index is 13.5. The molecule has 1 amide bonds. The molecule has 0 spiro atoms. The number of hydrogen-bond donors (Lipinski definition) is 1. The van der Waals surface area contributed by atoms with E-state index in [9.17, 15) is 9.18 Å². The van der Waals surface area contributed by atoms with E-state index in [1.165, 1.54) is 23.1 Å². The first-order valence-corrected chi connectivity index (χ1v) is 9.49. The molecular weight excluding hydrogens is 397 g/mol. The number of aryl methyl sites for hydroxylation is 1. The zero-order valence-corrected chi connectivity index (χ0v) is 16.4. The summed E-state index contributed by atoms with van der Waals surface area (Å²) >= 11 is 0. The molecular formula is C22H16FN7O. The van der Waals surface area contributed by atoms with Gasteiger partial charge < -0.3 is 5.32 Å². The normalized spacial score (nSPS) is 11.0. The van der Waals surface area contributed by atoms with Gasteiger partial charge in [-0.05, 0) is 54.1 Å².